The third-order valence-corrected chi connectivity index (χ3v) is 5.11. The molecule has 26 heavy (non-hydrogen) atoms. The van der Waals surface area contributed by atoms with Crippen molar-refractivity contribution in [3.8, 4) is 5.75 Å². The van der Waals surface area contributed by atoms with Gasteiger partial charge in [-0.05, 0) is 30.5 Å². The van der Waals surface area contributed by atoms with Crippen molar-refractivity contribution < 1.29 is 14.3 Å². The van der Waals surface area contributed by atoms with Crippen molar-refractivity contribution in [1.29, 1.82) is 0 Å². The number of thiazole rings is 1. The molecule has 138 valence electrons. The van der Waals surface area contributed by atoms with Crippen LogP contribution in [0.2, 0.25) is 0 Å². The van der Waals surface area contributed by atoms with Crippen LogP contribution in [-0.4, -0.2) is 42.0 Å². The van der Waals surface area contributed by atoms with Gasteiger partial charge in [-0.2, -0.15) is 0 Å². The molecular weight excluding hydrogens is 352 g/mol. The topological polar surface area (TPSA) is 83.6 Å². The summed E-state index contributed by atoms with van der Waals surface area (Å²) in [6.07, 6.45) is 2.98. The first-order chi connectivity index (χ1) is 12.7. The van der Waals surface area contributed by atoms with Crippen molar-refractivity contribution in [2.75, 3.05) is 25.5 Å². The summed E-state index contributed by atoms with van der Waals surface area (Å²) in [5.41, 5.74) is 1.01. The van der Waals surface area contributed by atoms with E-state index in [1.807, 2.05) is 29.6 Å². The number of piperidine rings is 1. The Labute approximate surface area is 156 Å². The molecule has 0 saturated carbocycles. The van der Waals surface area contributed by atoms with Crippen molar-refractivity contribution in [3.05, 3.63) is 41.4 Å². The number of carbonyl (C=O) groups is 2. The first kappa shape index (κ1) is 18.2. The number of hydrogen-bond acceptors (Lipinski definition) is 5. The fourth-order valence-corrected chi connectivity index (χ4v) is 3.40. The minimum atomic E-state index is -0.0976. The maximum atomic E-state index is 12.3. The highest BCUT2D eigenvalue weighted by molar-refractivity contribution is 7.13. The van der Waals surface area contributed by atoms with Gasteiger partial charge >= 0.3 is 6.03 Å². The van der Waals surface area contributed by atoms with Crippen molar-refractivity contribution in [1.82, 2.24) is 15.2 Å². The Morgan fingerprint density at radius 2 is 2.00 bits per heavy atom. The van der Waals surface area contributed by atoms with Crippen molar-refractivity contribution in [2.24, 2.45) is 5.92 Å². The van der Waals surface area contributed by atoms with Crippen LogP contribution in [0.5, 0.6) is 5.75 Å². The average molecular weight is 374 g/mol. The summed E-state index contributed by atoms with van der Waals surface area (Å²) >= 11 is 1.40. The fourth-order valence-electron chi connectivity index (χ4n) is 2.87. The summed E-state index contributed by atoms with van der Waals surface area (Å²) in [7, 11) is 1.62. The molecule has 2 aromatic rings. The number of aromatic nitrogens is 1. The van der Waals surface area contributed by atoms with Crippen LogP contribution in [0.1, 0.15) is 18.4 Å². The van der Waals surface area contributed by atoms with Gasteiger partial charge in [0, 0.05) is 37.1 Å². The van der Waals surface area contributed by atoms with Crippen LogP contribution >= 0.6 is 11.3 Å². The van der Waals surface area contributed by atoms with E-state index >= 15 is 0 Å². The number of hydrogen-bond donors (Lipinski definition) is 2. The zero-order valence-electron chi connectivity index (χ0n) is 14.6. The second kappa shape index (κ2) is 8.66. The molecule has 7 nitrogen and oxygen atoms in total. The Balaban J connectivity index is 1.42. The van der Waals surface area contributed by atoms with Crippen LogP contribution in [-0.2, 0) is 11.3 Å². The molecule has 0 aliphatic carbocycles. The SMILES string of the molecule is COc1ccc(CNC(=O)N2CCC(C(=O)Nc3nccs3)CC2)cc1. The van der Waals surface area contributed by atoms with Crippen LogP contribution in [0, 0.1) is 5.92 Å². The molecule has 1 aliphatic rings. The Bertz CT molecular complexity index is 725. The molecule has 3 rings (SSSR count). The molecule has 1 aromatic carbocycles. The van der Waals surface area contributed by atoms with Gasteiger partial charge < -0.3 is 20.3 Å². The molecule has 1 aromatic heterocycles. The normalized spacial score (nSPS) is 14.7. The lowest BCUT2D eigenvalue weighted by atomic mass is 9.96. The second-order valence-electron chi connectivity index (χ2n) is 6.09. The fraction of sp³-hybridized carbons (Fsp3) is 0.389. The van der Waals surface area contributed by atoms with Crippen molar-refractivity contribution in [3.63, 3.8) is 0 Å². The number of ether oxygens (including phenoxy) is 1. The third kappa shape index (κ3) is 4.72. The molecule has 0 bridgehead atoms. The standard InChI is InChI=1S/C18H22N4O3S/c1-25-15-4-2-13(3-5-15)12-20-18(24)22-9-6-14(7-10-22)16(23)21-17-19-8-11-26-17/h2-5,8,11,14H,6-7,9-10,12H2,1H3,(H,20,24)(H,19,21,23). The van der Waals surface area contributed by atoms with Gasteiger partial charge in [-0.15, -0.1) is 11.3 Å². The number of rotatable bonds is 5. The van der Waals surface area contributed by atoms with E-state index in [1.165, 1.54) is 11.3 Å². The van der Waals surface area contributed by atoms with E-state index in [9.17, 15) is 9.59 Å². The van der Waals surface area contributed by atoms with Gasteiger partial charge in [0.05, 0.1) is 7.11 Å². The van der Waals surface area contributed by atoms with E-state index in [2.05, 4.69) is 15.6 Å². The van der Waals surface area contributed by atoms with Gasteiger partial charge in [0.25, 0.3) is 0 Å². The summed E-state index contributed by atoms with van der Waals surface area (Å²) in [4.78, 5) is 30.4. The lowest BCUT2D eigenvalue weighted by Crippen LogP contribution is -2.45. The largest absolute Gasteiger partial charge is 0.497 e. The van der Waals surface area contributed by atoms with E-state index in [0.717, 1.165) is 11.3 Å². The molecule has 1 saturated heterocycles. The quantitative estimate of drug-likeness (QED) is 0.843. The third-order valence-electron chi connectivity index (χ3n) is 4.42. The van der Waals surface area contributed by atoms with Gasteiger partial charge in [0.15, 0.2) is 5.13 Å². The Kier molecular flexibility index (Phi) is 6.06. The number of nitrogens with zero attached hydrogens (tertiary/aromatic N) is 2. The number of nitrogens with one attached hydrogen (secondary N) is 2. The second-order valence-corrected chi connectivity index (χ2v) is 6.99. The van der Waals surface area contributed by atoms with Gasteiger partial charge in [-0.3, -0.25) is 4.79 Å². The lowest BCUT2D eigenvalue weighted by molar-refractivity contribution is -0.121. The number of benzene rings is 1. The molecule has 8 heteroatoms. The number of carbonyl (C=O) groups excluding carboxylic acids is 2. The molecule has 1 aliphatic heterocycles. The lowest BCUT2D eigenvalue weighted by Gasteiger charge is -2.31. The van der Waals surface area contributed by atoms with Crippen molar-refractivity contribution >= 4 is 28.4 Å². The predicted octanol–water partition coefficient (Wildman–Crippen LogP) is 2.71. The van der Waals surface area contributed by atoms with Crippen LogP contribution < -0.4 is 15.4 Å². The van der Waals surface area contributed by atoms with E-state index < -0.39 is 0 Å². The maximum absolute atomic E-state index is 12.3. The van der Waals surface area contributed by atoms with E-state index in [-0.39, 0.29) is 17.9 Å². The summed E-state index contributed by atoms with van der Waals surface area (Å²) in [5.74, 6) is 0.695. The summed E-state index contributed by atoms with van der Waals surface area (Å²) in [5, 5.41) is 8.20. The first-order valence-corrected chi connectivity index (χ1v) is 9.39. The van der Waals surface area contributed by atoms with E-state index in [0.29, 0.717) is 37.6 Å². The van der Waals surface area contributed by atoms with Crippen LogP contribution in [0.25, 0.3) is 0 Å². The van der Waals surface area contributed by atoms with Crippen LogP contribution in [0.15, 0.2) is 35.8 Å². The highest BCUT2D eigenvalue weighted by atomic mass is 32.1. The first-order valence-electron chi connectivity index (χ1n) is 8.52. The molecule has 1 fully saturated rings. The van der Waals surface area contributed by atoms with Gasteiger partial charge in [-0.1, -0.05) is 12.1 Å². The predicted molar refractivity (Wildman–Crippen MR) is 100 cm³/mol. The zero-order valence-corrected chi connectivity index (χ0v) is 15.4. The molecule has 0 spiro atoms. The Morgan fingerprint density at radius 3 is 2.62 bits per heavy atom. The highest BCUT2D eigenvalue weighted by Crippen LogP contribution is 2.20. The average Bonchev–Trinajstić information content (AvgIpc) is 3.19. The minimum absolute atomic E-state index is 0.0155. The highest BCUT2D eigenvalue weighted by Gasteiger charge is 2.27. The molecule has 0 radical (unpaired) electrons. The number of likely N-dealkylation sites (tertiary alicyclic amines) is 1. The molecule has 2 N–H and O–H groups in total. The number of amides is 3. The molecule has 3 amide bonds. The van der Waals surface area contributed by atoms with E-state index in [4.69, 9.17) is 4.74 Å². The van der Waals surface area contributed by atoms with E-state index in [1.54, 1.807) is 18.2 Å². The van der Waals surface area contributed by atoms with Crippen molar-refractivity contribution in [2.45, 2.75) is 19.4 Å². The zero-order chi connectivity index (χ0) is 18.4. The number of methoxy groups -OCH3 is 1. The molecule has 2 heterocycles. The van der Waals surface area contributed by atoms with Gasteiger partial charge in [-0.25, -0.2) is 9.78 Å². The monoisotopic (exact) mass is 374 g/mol. The van der Waals surface area contributed by atoms with Gasteiger partial charge in [0.1, 0.15) is 5.75 Å². The Morgan fingerprint density at radius 1 is 1.27 bits per heavy atom. The summed E-state index contributed by atoms with van der Waals surface area (Å²) < 4.78 is 5.12. The number of urea groups is 1. The minimum Gasteiger partial charge on any atom is -0.497 e. The maximum Gasteiger partial charge on any atom is 0.317 e. The Hall–Kier alpha value is -2.61. The number of anilines is 1. The molecule has 0 unspecified atom stereocenters. The molecule has 0 atom stereocenters. The molecular formula is C18H22N4O3S. The smallest absolute Gasteiger partial charge is 0.317 e. The van der Waals surface area contributed by atoms with Crippen LogP contribution in [0.4, 0.5) is 9.93 Å². The van der Waals surface area contributed by atoms with Gasteiger partial charge in [0.2, 0.25) is 5.91 Å². The summed E-state index contributed by atoms with van der Waals surface area (Å²) in [6, 6.07) is 7.49. The summed E-state index contributed by atoms with van der Waals surface area (Å²) in [6.45, 7) is 1.61. The van der Waals surface area contributed by atoms with Crippen LogP contribution in [0.3, 0.4) is 0 Å².